The van der Waals surface area contributed by atoms with Crippen molar-refractivity contribution in [1.82, 2.24) is 24.5 Å². The first-order chi connectivity index (χ1) is 13.0. The largest absolute Gasteiger partial charge is 0.342 e. The summed E-state index contributed by atoms with van der Waals surface area (Å²) in [6.07, 6.45) is 3.75. The van der Waals surface area contributed by atoms with Gasteiger partial charge in [0.2, 0.25) is 5.91 Å². The molecular weight excluding hydrogens is 362 g/mol. The van der Waals surface area contributed by atoms with Gasteiger partial charge in [-0.1, -0.05) is 11.6 Å². The number of piperidine rings is 1. The summed E-state index contributed by atoms with van der Waals surface area (Å²) in [5, 5.41) is 5.28. The van der Waals surface area contributed by atoms with Crippen LogP contribution in [0.3, 0.4) is 0 Å². The first kappa shape index (κ1) is 17.9. The highest BCUT2D eigenvalue weighted by atomic mass is 35.5. The zero-order valence-electron chi connectivity index (χ0n) is 15.6. The molecule has 1 aliphatic rings. The van der Waals surface area contributed by atoms with Gasteiger partial charge in [0.15, 0.2) is 5.82 Å². The average Bonchev–Trinajstić information content (AvgIpc) is 3.10. The number of carbonyl (C=O) groups excluding carboxylic acids is 1. The molecule has 0 atom stereocenters. The molecule has 0 radical (unpaired) electrons. The maximum absolute atomic E-state index is 12.7. The number of amides is 1. The maximum atomic E-state index is 12.7. The molecule has 6 nitrogen and oxygen atoms in total. The number of aryl methyl sites for hydroxylation is 2. The van der Waals surface area contributed by atoms with Crippen LogP contribution >= 0.6 is 11.6 Å². The van der Waals surface area contributed by atoms with Crippen LogP contribution in [0.15, 0.2) is 24.3 Å². The van der Waals surface area contributed by atoms with E-state index in [9.17, 15) is 4.79 Å². The van der Waals surface area contributed by atoms with Crippen LogP contribution in [0.5, 0.6) is 0 Å². The summed E-state index contributed by atoms with van der Waals surface area (Å²) in [7, 11) is 0. The Bertz CT molecular complexity index is 990. The molecule has 0 unspecified atom stereocenters. The molecule has 27 heavy (non-hydrogen) atoms. The predicted molar refractivity (Wildman–Crippen MR) is 105 cm³/mol. The molecule has 0 aliphatic carbocycles. The number of likely N-dealkylation sites (tertiary alicyclic amines) is 1. The molecule has 0 saturated carbocycles. The van der Waals surface area contributed by atoms with Crippen LogP contribution < -0.4 is 0 Å². The Hall–Kier alpha value is -2.47. The Morgan fingerprint density at radius 3 is 2.48 bits per heavy atom. The number of halogens is 1. The summed E-state index contributed by atoms with van der Waals surface area (Å²) in [6, 6.07) is 7.41. The molecule has 2 aromatic heterocycles. The molecule has 0 bridgehead atoms. The van der Waals surface area contributed by atoms with Crippen LogP contribution in [0, 0.1) is 13.8 Å². The lowest BCUT2D eigenvalue weighted by molar-refractivity contribution is -0.131. The van der Waals surface area contributed by atoms with Crippen LogP contribution in [0.2, 0.25) is 5.02 Å². The molecule has 3 heterocycles. The van der Waals surface area contributed by atoms with E-state index in [4.69, 9.17) is 11.6 Å². The Labute approximate surface area is 163 Å². The van der Waals surface area contributed by atoms with Gasteiger partial charge in [0.1, 0.15) is 0 Å². The Morgan fingerprint density at radius 1 is 1.07 bits per heavy atom. The Kier molecular flexibility index (Phi) is 4.83. The molecule has 1 amide bonds. The molecule has 4 rings (SSSR count). The highest BCUT2D eigenvalue weighted by Crippen LogP contribution is 2.22. The Balaban J connectivity index is 1.67. The molecule has 1 fully saturated rings. The number of fused-ring (bicyclic) bond motifs is 1. The van der Waals surface area contributed by atoms with Crippen molar-refractivity contribution in [2.45, 2.75) is 39.5 Å². The molecule has 1 aromatic carbocycles. The van der Waals surface area contributed by atoms with Gasteiger partial charge < -0.3 is 4.90 Å². The van der Waals surface area contributed by atoms with Gasteiger partial charge in [-0.15, -0.1) is 5.10 Å². The van der Waals surface area contributed by atoms with Gasteiger partial charge in [0.25, 0.3) is 5.78 Å². The van der Waals surface area contributed by atoms with Crippen molar-refractivity contribution < 1.29 is 4.79 Å². The molecule has 7 heteroatoms. The molecule has 1 aliphatic heterocycles. The molecule has 0 spiro atoms. The number of rotatable bonds is 3. The van der Waals surface area contributed by atoms with Gasteiger partial charge in [0.05, 0.1) is 6.42 Å². The van der Waals surface area contributed by atoms with E-state index in [1.165, 1.54) is 6.42 Å². The van der Waals surface area contributed by atoms with Crippen molar-refractivity contribution in [3.8, 4) is 11.4 Å². The van der Waals surface area contributed by atoms with Crippen LogP contribution in [-0.4, -0.2) is 43.5 Å². The molecule has 3 aromatic rings. The van der Waals surface area contributed by atoms with E-state index >= 15 is 0 Å². The van der Waals surface area contributed by atoms with E-state index in [1.807, 2.05) is 43.0 Å². The molecule has 0 N–H and O–H groups in total. The number of hydrogen-bond acceptors (Lipinski definition) is 4. The summed E-state index contributed by atoms with van der Waals surface area (Å²) >= 11 is 5.96. The standard InChI is InChI=1S/C20H22ClN5O/c1-13-17(12-18(27)25-10-4-3-5-11-25)14(2)26-20(22-13)23-19(24-26)15-6-8-16(21)9-7-15/h6-9H,3-5,10-12H2,1-2H3. The summed E-state index contributed by atoms with van der Waals surface area (Å²) < 4.78 is 1.73. The second-order valence-electron chi connectivity index (χ2n) is 7.03. The van der Waals surface area contributed by atoms with E-state index in [2.05, 4.69) is 15.1 Å². The summed E-state index contributed by atoms with van der Waals surface area (Å²) in [5.41, 5.74) is 3.56. The van der Waals surface area contributed by atoms with Crippen molar-refractivity contribution in [2.24, 2.45) is 0 Å². The minimum atomic E-state index is 0.167. The van der Waals surface area contributed by atoms with E-state index in [0.29, 0.717) is 23.0 Å². The summed E-state index contributed by atoms with van der Waals surface area (Å²) in [6.45, 7) is 5.62. The number of nitrogens with zero attached hydrogens (tertiary/aromatic N) is 5. The first-order valence-corrected chi connectivity index (χ1v) is 9.67. The lowest BCUT2D eigenvalue weighted by Crippen LogP contribution is -2.37. The highest BCUT2D eigenvalue weighted by molar-refractivity contribution is 6.30. The number of aromatic nitrogens is 4. The predicted octanol–water partition coefficient (Wildman–Crippen LogP) is 3.62. The third-order valence-corrected chi connectivity index (χ3v) is 5.44. The van der Waals surface area contributed by atoms with Crippen LogP contribution in [0.25, 0.3) is 17.2 Å². The van der Waals surface area contributed by atoms with Gasteiger partial charge in [-0.25, -0.2) is 9.50 Å². The zero-order chi connectivity index (χ0) is 19.0. The van der Waals surface area contributed by atoms with Gasteiger partial charge in [0, 0.05) is 40.6 Å². The first-order valence-electron chi connectivity index (χ1n) is 9.29. The highest BCUT2D eigenvalue weighted by Gasteiger charge is 2.21. The third-order valence-electron chi connectivity index (χ3n) is 5.19. The molecule has 140 valence electrons. The summed E-state index contributed by atoms with van der Waals surface area (Å²) in [5.74, 6) is 1.31. The van der Waals surface area contributed by atoms with Gasteiger partial charge in [-0.05, 0) is 57.4 Å². The average molecular weight is 384 g/mol. The normalized spacial score (nSPS) is 14.7. The second kappa shape index (κ2) is 7.27. The topological polar surface area (TPSA) is 63.4 Å². The number of carbonyl (C=O) groups is 1. The molecule has 1 saturated heterocycles. The lowest BCUT2D eigenvalue weighted by Gasteiger charge is -2.27. The van der Waals surface area contributed by atoms with Crippen LogP contribution in [0.1, 0.15) is 36.2 Å². The molecular formula is C20H22ClN5O. The number of benzene rings is 1. The lowest BCUT2D eigenvalue weighted by atomic mass is 10.1. The van der Waals surface area contributed by atoms with Gasteiger partial charge >= 0.3 is 0 Å². The van der Waals surface area contributed by atoms with Crippen molar-refractivity contribution in [1.29, 1.82) is 0 Å². The number of hydrogen-bond donors (Lipinski definition) is 0. The maximum Gasteiger partial charge on any atom is 0.253 e. The fraction of sp³-hybridized carbons (Fsp3) is 0.400. The van der Waals surface area contributed by atoms with Crippen molar-refractivity contribution >= 4 is 23.3 Å². The minimum absolute atomic E-state index is 0.167. The van der Waals surface area contributed by atoms with Crippen molar-refractivity contribution in [3.05, 3.63) is 46.2 Å². The van der Waals surface area contributed by atoms with Gasteiger partial charge in [-0.2, -0.15) is 4.98 Å². The quantitative estimate of drug-likeness (QED) is 0.693. The van der Waals surface area contributed by atoms with E-state index < -0.39 is 0 Å². The van der Waals surface area contributed by atoms with Crippen LogP contribution in [-0.2, 0) is 11.2 Å². The monoisotopic (exact) mass is 383 g/mol. The van der Waals surface area contributed by atoms with Crippen LogP contribution in [0.4, 0.5) is 0 Å². The fourth-order valence-electron chi connectivity index (χ4n) is 3.59. The zero-order valence-corrected chi connectivity index (χ0v) is 16.3. The summed E-state index contributed by atoms with van der Waals surface area (Å²) in [4.78, 5) is 23.8. The third kappa shape index (κ3) is 3.54. The van der Waals surface area contributed by atoms with Gasteiger partial charge in [-0.3, -0.25) is 4.79 Å². The minimum Gasteiger partial charge on any atom is -0.342 e. The van der Waals surface area contributed by atoms with Crippen molar-refractivity contribution in [2.75, 3.05) is 13.1 Å². The Morgan fingerprint density at radius 2 is 1.78 bits per heavy atom. The van der Waals surface area contributed by atoms with E-state index in [1.54, 1.807) is 4.52 Å². The smallest absolute Gasteiger partial charge is 0.253 e. The SMILES string of the molecule is Cc1nc2nc(-c3ccc(Cl)cc3)nn2c(C)c1CC(=O)N1CCCCC1. The van der Waals surface area contributed by atoms with Crippen molar-refractivity contribution in [3.63, 3.8) is 0 Å². The van der Waals surface area contributed by atoms with E-state index in [-0.39, 0.29) is 5.91 Å². The fourth-order valence-corrected chi connectivity index (χ4v) is 3.72. The second-order valence-corrected chi connectivity index (χ2v) is 7.47. The van der Waals surface area contributed by atoms with E-state index in [0.717, 1.165) is 48.4 Å².